The third kappa shape index (κ3) is 6.91. The Labute approximate surface area is 260 Å². The maximum atomic E-state index is 13.6. The van der Waals surface area contributed by atoms with E-state index in [4.69, 9.17) is 14.2 Å². The van der Waals surface area contributed by atoms with Crippen LogP contribution < -0.4 is 14.8 Å². The number of carbonyl (C=O) groups excluding carboxylic acids is 3. The molecule has 0 unspecified atom stereocenters. The summed E-state index contributed by atoms with van der Waals surface area (Å²) in [6.45, 7) is 5.29. The fourth-order valence-corrected chi connectivity index (χ4v) is 5.48. The van der Waals surface area contributed by atoms with Gasteiger partial charge in [0.2, 0.25) is 5.91 Å². The summed E-state index contributed by atoms with van der Waals surface area (Å²) in [7, 11) is 1.58. The van der Waals surface area contributed by atoms with Crippen LogP contribution in [0.15, 0.2) is 67.1 Å². The molecule has 2 aliphatic heterocycles. The van der Waals surface area contributed by atoms with Crippen LogP contribution in [-0.4, -0.2) is 87.6 Å². The molecule has 3 amide bonds. The van der Waals surface area contributed by atoms with Crippen LogP contribution in [0.2, 0.25) is 0 Å². The zero-order valence-corrected chi connectivity index (χ0v) is 25.5. The summed E-state index contributed by atoms with van der Waals surface area (Å²) in [6.07, 6.45) is 4.84. The van der Waals surface area contributed by atoms with Gasteiger partial charge < -0.3 is 29.3 Å². The van der Waals surface area contributed by atoms with Crippen LogP contribution in [0, 0.1) is 5.92 Å². The van der Waals surface area contributed by atoms with Crippen LogP contribution in [0.3, 0.4) is 0 Å². The van der Waals surface area contributed by atoms with E-state index in [1.165, 1.54) is 11.1 Å². The molecule has 0 spiro atoms. The number of benzene rings is 2. The first-order valence-corrected chi connectivity index (χ1v) is 15.0. The Balaban J connectivity index is 1.27. The quantitative estimate of drug-likeness (QED) is 0.371. The van der Waals surface area contributed by atoms with Crippen LogP contribution in [0.1, 0.15) is 46.5 Å². The monoisotopic (exact) mass is 612 g/mol. The Kier molecular flexibility index (Phi) is 8.65. The second kappa shape index (κ2) is 12.9. The van der Waals surface area contributed by atoms with Gasteiger partial charge in [-0.05, 0) is 48.2 Å². The number of fused-ring (bicyclic) bond motifs is 6. The lowest BCUT2D eigenvalue weighted by Crippen LogP contribution is -2.57. The lowest BCUT2D eigenvalue weighted by atomic mass is 10.0. The lowest BCUT2D eigenvalue weighted by Gasteiger charge is -2.38. The molecule has 2 aromatic heterocycles. The zero-order valence-electron chi connectivity index (χ0n) is 25.5. The van der Waals surface area contributed by atoms with Crippen LogP contribution in [0.4, 0.5) is 0 Å². The molecule has 12 heteroatoms. The topological polar surface area (TPSA) is 128 Å². The predicted molar refractivity (Wildman–Crippen MR) is 164 cm³/mol. The van der Waals surface area contributed by atoms with E-state index in [9.17, 15) is 14.4 Å². The van der Waals surface area contributed by atoms with Gasteiger partial charge in [0.1, 0.15) is 22.8 Å². The summed E-state index contributed by atoms with van der Waals surface area (Å²) in [5.74, 6) is 0.928. The van der Waals surface area contributed by atoms with E-state index in [1.54, 1.807) is 53.1 Å². The SMILES string of the molecule is CC(C)COc1cc2cc(c1)C(=O)N(C)CC(=O)N[C@H]1CCN(C(=O)c3cnn4cccnc34)C[C@@H]1OCc1cccc(c1)O2. The summed E-state index contributed by atoms with van der Waals surface area (Å²) in [5.41, 5.74) is 2.07. The van der Waals surface area contributed by atoms with Gasteiger partial charge in [-0.2, -0.15) is 5.10 Å². The minimum Gasteiger partial charge on any atom is -0.493 e. The molecule has 0 saturated carbocycles. The average molecular weight is 613 g/mol. The van der Waals surface area contributed by atoms with Gasteiger partial charge in [0.25, 0.3) is 11.8 Å². The molecular weight excluding hydrogens is 576 g/mol. The van der Waals surface area contributed by atoms with E-state index in [2.05, 4.69) is 15.4 Å². The number of piperidine rings is 1. The summed E-state index contributed by atoms with van der Waals surface area (Å²) < 4.78 is 20.1. The van der Waals surface area contributed by atoms with Crippen LogP contribution in [-0.2, 0) is 16.1 Å². The minimum atomic E-state index is -0.506. The molecule has 4 aromatic rings. The van der Waals surface area contributed by atoms with Crippen molar-refractivity contribution in [2.75, 3.05) is 33.3 Å². The van der Waals surface area contributed by atoms with Crippen LogP contribution in [0.5, 0.6) is 17.2 Å². The number of aromatic nitrogens is 3. The first kappa shape index (κ1) is 30.1. The maximum absolute atomic E-state index is 13.6. The Morgan fingerprint density at radius 2 is 2.00 bits per heavy atom. The number of rotatable bonds is 4. The highest BCUT2D eigenvalue weighted by atomic mass is 16.5. The zero-order chi connectivity index (χ0) is 31.5. The number of hydrogen-bond donors (Lipinski definition) is 1. The number of likely N-dealkylation sites (N-methyl/N-ethyl adjacent to an activating group) is 1. The van der Waals surface area contributed by atoms with Crippen molar-refractivity contribution in [2.24, 2.45) is 5.92 Å². The van der Waals surface area contributed by atoms with E-state index < -0.39 is 6.10 Å². The van der Waals surface area contributed by atoms with E-state index in [0.717, 1.165) is 5.56 Å². The molecule has 4 heterocycles. The normalized spacial score (nSPS) is 19.2. The van der Waals surface area contributed by atoms with Gasteiger partial charge in [0.05, 0.1) is 38.1 Å². The Morgan fingerprint density at radius 1 is 1.13 bits per heavy atom. The van der Waals surface area contributed by atoms with Gasteiger partial charge in [-0.25, -0.2) is 9.50 Å². The van der Waals surface area contributed by atoms with Crippen LogP contribution >= 0.6 is 0 Å². The second-order valence-electron chi connectivity index (χ2n) is 11.8. The molecule has 2 aromatic carbocycles. The summed E-state index contributed by atoms with van der Waals surface area (Å²) >= 11 is 0. The first-order chi connectivity index (χ1) is 21.7. The fourth-order valence-electron chi connectivity index (χ4n) is 5.48. The van der Waals surface area contributed by atoms with Gasteiger partial charge >= 0.3 is 0 Å². The van der Waals surface area contributed by atoms with Crippen molar-refractivity contribution in [1.82, 2.24) is 29.7 Å². The molecule has 2 aliphatic rings. The van der Waals surface area contributed by atoms with Crippen molar-refractivity contribution >= 4 is 23.4 Å². The summed E-state index contributed by atoms with van der Waals surface area (Å²) in [4.78, 5) is 47.7. The van der Waals surface area contributed by atoms with E-state index in [1.807, 2.05) is 38.1 Å². The number of carbonyl (C=O) groups is 3. The number of likely N-dealkylation sites (tertiary alicyclic amines) is 1. The number of nitrogens with zero attached hydrogens (tertiary/aromatic N) is 5. The Morgan fingerprint density at radius 3 is 2.84 bits per heavy atom. The fraction of sp³-hybridized carbons (Fsp3) is 0.364. The maximum Gasteiger partial charge on any atom is 0.259 e. The molecule has 45 heavy (non-hydrogen) atoms. The van der Waals surface area contributed by atoms with Gasteiger partial charge in [-0.15, -0.1) is 0 Å². The van der Waals surface area contributed by atoms with Crippen molar-refractivity contribution < 1.29 is 28.6 Å². The Hall–Kier alpha value is -4.97. The number of hydrogen-bond acceptors (Lipinski definition) is 8. The first-order valence-electron chi connectivity index (χ1n) is 15.0. The molecule has 0 aliphatic carbocycles. The van der Waals surface area contributed by atoms with Crippen LogP contribution in [0.25, 0.3) is 5.65 Å². The van der Waals surface area contributed by atoms with Gasteiger partial charge in [0, 0.05) is 44.2 Å². The number of nitrogens with one attached hydrogen (secondary N) is 1. The van der Waals surface area contributed by atoms with Crippen molar-refractivity contribution in [2.45, 2.75) is 39.0 Å². The highest BCUT2D eigenvalue weighted by molar-refractivity contribution is 6.00. The van der Waals surface area contributed by atoms with Crippen molar-refractivity contribution in [3.05, 3.63) is 83.8 Å². The highest BCUT2D eigenvalue weighted by Crippen LogP contribution is 2.30. The molecule has 1 N–H and O–H groups in total. The van der Waals surface area contributed by atoms with E-state index >= 15 is 0 Å². The molecule has 1 saturated heterocycles. The molecule has 12 nitrogen and oxygen atoms in total. The molecular formula is C33H36N6O6. The average Bonchev–Trinajstić information content (AvgIpc) is 3.46. The van der Waals surface area contributed by atoms with Gasteiger partial charge in [-0.3, -0.25) is 14.4 Å². The molecule has 234 valence electrons. The number of amides is 3. The van der Waals surface area contributed by atoms with E-state index in [-0.39, 0.29) is 43.5 Å². The summed E-state index contributed by atoms with van der Waals surface area (Å²) in [6, 6.07) is 13.9. The van der Waals surface area contributed by atoms with Crippen molar-refractivity contribution in [3.63, 3.8) is 0 Å². The van der Waals surface area contributed by atoms with E-state index in [0.29, 0.717) is 59.5 Å². The molecule has 0 radical (unpaired) electrons. The van der Waals surface area contributed by atoms with Gasteiger partial charge in [0.15, 0.2) is 5.65 Å². The standard InChI is InChI=1S/C33H36N6O6/c1-21(2)19-43-25-13-23-14-26(15-25)45-24-7-4-6-22(12-24)20-44-29-17-38(11-8-28(29)36-30(40)18-37(3)32(23)41)33(42)27-16-35-39-10-5-9-34-31(27)39/h4-7,9-10,12-16,21,28-29H,8,11,17-20H2,1-3H3,(H,36,40)/t28-,29-/m0/s1. The van der Waals surface area contributed by atoms with Crippen molar-refractivity contribution in [1.29, 1.82) is 0 Å². The molecule has 6 rings (SSSR count). The molecule has 1 fully saturated rings. The lowest BCUT2D eigenvalue weighted by molar-refractivity contribution is -0.124. The summed E-state index contributed by atoms with van der Waals surface area (Å²) in [5, 5.41) is 7.31. The third-order valence-corrected chi connectivity index (χ3v) is 7.74. The Bertz CT molecular complexity index is 1720. The smallest absolute Gasteiger partial charge is 0.259 e. The molecule has 4 bridgehead atoms. The van der Waals surface area contributed by atoms with Crippen molar-refractivity contribution in [3.8, 4) is 17.2 Å². The molecule has 2 atom stereocenters. The minimum absolute atomic E-state index is 0.162. The third-order valence-electron chi connectivity index (χ3n) is 7.74. The number of ether oxygens (including phenoxy) is 3. The predicted octanol–water partition coefficient (Wildman–Crippen LogP) is 3.56. The van der Waals surface area contributed by atoms with Gasteiger partial charge in [-0.1, -0.05) is 26.0 Å². The largest absolute Gasteiger partial charge is 0.493 e. The second-order valence-corrected chi connectivity index (χ2v) is 11.8. The highest BCUT2D eigenvalue weighted by Gasteiger charge is 2.35.